The van der Waals surface area contributed by atoms with Gasteiger partial charge in [-0.3, -0.25) is 4.72 Å². The van der Waals surface area contributed by atoms with E-state index < -0.39 is 10.0 Å². The quantitative estimate of drug-likeness (QED) is 0.833. The Balaban J connectivity index is 2.30. The summed E-state index contributed by atoms with van der Waals surface area (Å²) in [5.41, 5.74) is 1.46. The molecular weight excluding hydrogens is 292 g/mol. The van der Waals surface area contributed by atoms with Crippen LogP contribution in [-0.2, 0) is 10.0 Å². The fourth-order valence-electron chi connectivity index (χ4n) is 1.73. The number of para-hydroxylation sites is 1. The molecule has 20 heavy (non-hydrogen) atoms. The number of nitrogens with one attached hydrogen (secondary N) is 2. The summed E-state index contributed by atoms with van der Waals surface area (Å²) in [5, 5.41) is 2.95. The second-order valence-corrected chi connectivity index (χ2v) is 6.61. The van der Waals surface area contributed by atoms with E-state index >= 15 is 0 Å². The Morgan fingerprint density at radius 3 is 2.25 bits per heavy atom. The van der Waals surface area contributed by atoms with Crippen molar-refractivity contribution in [2.75, 3.05) is 23.3 Å². The van der Waals surface area contributed by atoms with Gasteiger partial charge in [0.1, 0.15) is 0 Å². The van der Waals surface area contributed by atoms with Crippen LogP contribution in [0.1, 0.15) is 0 Å². The minimum absolute atomic E-state index is 0.243. The van der Waals surface area contributed by atoms with E-state index in [0.29, 0.717) is 5.69 Å². The van der Waals surface area contributed by atoms with Gasteiger partial charge in [-0.15, -0.1) is 11.8 Å². The summed E-state index contributed by atoms with van der Waals surface area (Å²) in [4.78, 5) is 1.13. The molecule has 0 fully saturated rings. The molecule has 106 valence electrons. The number of hydrogen-bond acceptors (Lipinski definition) is 4. The first kappa shape index (κ1) is 14.7. The van der Waals surface area contributed by atoms with Crippen LogP contribution in [0.4, 0.5) is 11.4 Å². The van der Waals surface area contributed by atoms with Gasteiger partial charge in [-0.05, 0) is 42.7 Å². The van der Waals surface area contributed by atoms with Crippen molar-refractivity contribution in [2.24, 2.45) is 0 Å². The molecule has 0 heterocycles. The van der Waals surface area contributed by atoms with E-state index in [9.17, 15) is 8.42 Å². The van der Waals surface area contributed by atoms with Gasteiger partial charge < -0.3 is 5.32 Å². The third kappa shape index (κ3) is 3.26. The van der Waals surface area contributed by atoms with Crippen molar-refractivity contribution in [1.29, 1.82) is 0 Å². The van der Waals surface area contributed by atoms with Crippen LogP contribution in [-0.4, -0.2) is 21.7 Å². The number of sulfonamides is 1. The van der Waals surface area contributed by atoms with Crippen LogP contribution < -0.4 is 10.0 Å². The maximum absolute atomic E-state index is 12.3. The van der Waals surface area contributed by atoms with Crippen LogP contribution in [0.5, 0.6) is 0 Å². The van der Waals surface area contributed by atoms with Gasteiger partial charge in [0, 0.05) is 17.6 Å². The Morgan fingerprint density at radius 1 is 1.00 bits per heavy atom. The Morgan fingerprint density at radius 2 is 1.65 bits per heavy atom. The fourth-order valence-corrected chi connectivity index (χ4v) is 3.43. The minimum Gasteiger partial charge on any atom is -0.388 e. The highest BCUT2D eigenvalue weighted by molar-refractivity contribution is 7.99. The first-order valence-corrected chi connectivity index (χ1v) is 8.71. The van der Waals surface area contributed by atoms with Gasteiger partial charge in [0.2, 0.25) is 0 Å². The molecule has 0 aliphatic carbocycles. The van der Waals surface area contributed by atoms with E-state index in [0.717, 1.165) is 10.6 Å². The number of anilines is 2. The average Bonchev–Trinajstić information content (AvgIpc) is 2.47. The monoisotopic (exact) mass is 308 g/mol. The zero-order valence-electron chi connectivity index (χ0n) is 11.3. The zero-order chi connectivity index (χ0) is 14.6. The molecular formula is C14H16N2O2S2. The normalized spacial score (nSPS) is 11.1. The van der Waals surface area contributed by atoms with E-state index in [1.807, 2.05) is 24.5 Å². The molecule has 0 bridgehead atoms. The van der Waals surface area contributed by atoms with Crippen LogP contribution in [0.3, 0.4) is 0 Å². The Bertz CT molecular complexity index is 683. The largest absolute Gasteiger partial charge is 0.388 e. The summed E-state index contributed by atoms with van der Waals surface area (Å²) in [5.74, 6) is 0. The van der Waals surface area contributed by atoms with Crippen LogP contribution >= 0.6 is 11.8 Å². The molecule has 0 radical (unpaired) electrons. The summed E-state index contributed by atoms with van der Waals surface area (Å²) >= 11 is 1.50. The van der Waals surface area contributed by atoms with Crippen LogP contribution in [0.2, 0.25) is 0 Å². The van der Waals surface area contributed by atoms with E-state index in [-0.39, 0.29) is 4.90 Å². The number of thioether (sulfide) groups is 1. The van der Waals surface area contributed by atoms with Crippen molar-refractivity contribution in [3.05, 3.63) is 48.5 Å². The van der Waals surface area contributed by atoms with Gasteiger partial charge in [0.25, 0.3) is 10.0 Å². The lowest BCUT2D eigenvalue weighted by Crippen LogP contribution is -2.13. The van der Waals surface area contributed by atoms with Gasteiger partial charge in [-0.25, -0.2) is 8.42 Å². The molecule has 0 aliphatic rings. The van der Waals surface area contributed by atoms with Gasteiger partial charge >= 0.3 is 0 Å². The highest BCUT2D eigenvalue weighted by Gasteiger charge is 2.15. The minimum atomic E-state index is -3.56. The van der Waals surface area contributed by atoms with E-state index in [1.165, 1.54) is 11.8 Å². The first-order chi connectivity index (χ1) is 9.56. The highest BCUT2D eigenvalue weighted by Crippen LogP contribution is 2.27. The molecule has 2 aromatic rings. The predicted molar refractivity (Wildman–Crippen MR) is 85.0 cm³/mol. The maximum Gasteiger partial charge on any atom is 0.261 e. The molecule has 0 saturated heterocycles. The molecule has 2 N–H and O–H groups in total. The lowest BCUT2D eigenvalue weighted by Gasteiger charge is -2.11. The van der Waals surface area contributed by atoms with Crippen molar-refractivity contribution in [3.63, 3.8) is 0 Å². The Hall–Kier alpha value is -1.66. The number of hydrogen-bond donors (Lipinski definition) is 2. The third-order valence-electron chi connectivity index (χ3n) is 2.80. The standard InChI is InChI=1S/C14H16N2O2S2/c1-15-11-7-9-12(10-8-11)20(17,18)16-13-5-3-4-6-14(13)19-2/h3-10,15-16H,1-2H3. The number of benzene rings is 2. The van der Waals surface area contributed by atoms with Crippen molar-refractivity contribution in [1.82, 2.24) is 0 Å². The van der Waals surface area contributed by atoms with Gasteiger partial charge in [-0.1, -0.05) is 12.1 Å². The Kier molecular flexibility index (Phi) is 4.57. The summed E-state index contributed by atoms with van der Waals surface area (Å²) in [7, 11) is -1.77. The van der Waals surface area contributed by atoms with Crippen LogP contribution in [0.25, 0.3) is 0 Å². The highest BCUT2D eigenvalue weighted by atomic mass is 32.2. The molecule has 0 spiro atoms. The smallest absolute Gasteiger partial charge is 0.261 e. The molecule has 0 unspecified atom stereocenters. The van der Waals surface area contributed by atoms with Crippen LogP contribution in [0, 0.1) is 0 Å². The zero-order valence-corrected chi connectivity index (χ0v) is 12.9. The van der Waals surface area contributed by atoms with Crippen LogP contribution in [0.15, 0.2) is 58.3 Å². The fraction of sp³-hybridized carbons (Fsp3) is 0.143. The third-order valence-corrected chi connectivity index (χ3v) is 4.98. The molecule has 0 aliphatic heterocycles. The molecule has 0 atom stereocenters. The molecule has 0 amide bonds. The predicted octanol–water partition coefficient (Wildman–Crippen LogP) is 3.25. The molecule has 2 rings (SSSR count). The summed E-state index contributed by atoms with van der Waals surface area (Å²) in [6.07, 6.45) is 1.91. The van der Waals surface area contributed by atoms with Crippen molar-refractivity contribution < 1.29 is 8.42 Å². The molecule has 2 aromatic carbocycles. The van der Waals surface area contributed by atoms with Gasteiger partial charge in [0.15, 0.2) is 0 Å². The first-order valence-electron chi connectivity index (χ1n) is 6.00. The second-order valence-electron chi connectivity index (χ2n) is 4.08. The molecule has 4 nitrogen and oxygen atoms in total. The summed E-state index contributed by atoms with van der Waals surface area (Å²) < 4.78 is 27.3. The lowest BCUT2D eigenvalue weighted by atomic mass is 10.3. The van der Waals surface area contributed by atoms with E-state index in [1.54, 1.807) is 37.4 Å². The molecule has 0 aromatic heterocycles. The maximum atomic E-state index is 12.3. The molecule has 6 heteroatoms. The molecule has 0 saturated carbocycles. The van der Waals surface area contributed by atoms with E-state index in [2.05, 4.69) is 10.0 Å². The van der Waals surface area contributed by atoms with Gasteiger partial charge in [-0.2, -0.15) is 0 Å². The summed E-state index contributed by atoms with van der Waals surface area (Å²) in [6.45, 7) is 0. The van der Waals surface area contributed by atoms with Crippen molar-refractivity contribution in [2.45, 2.75) is 9.79 Å². The topological polar surface area (TPSA) is 58.2 Å². The summed E-state index contributed by atoms with van der Waals surface area (Å²) in [6, 6.07) is 13.9. The second kappa shape index (κ2) is 6.19. The van der Waals surface area contributed by atoms with E-state index in [4.69, 9.17) is 0 Å². The Labute approximate surface area is 123 Å². The average molecular weight is 308 g/mol. The van der Waals surface area contributed by atoms with Gasteiger partial charge in [0.05, 0.1) is 10.6 Å². The SMILES string of the molecule is CNc1ccc(S(=O)(=O)Nc2ccccc2SC)cc1. The van der Waals surface area contributed by atoms with Crippen molar-refractivity contribution in [3.8, 4) is 0 Å². The lowest BCUT2D eigenvalue weighted by molar-refractivity contribution is 0.601. The van der Waals surface area contributed by atoms with Crippen molar-refractivity contribution >= 4 is 33.2 Å². The number of rotatable bonds is 5.